The van der Waals surface area contributed by atoms with Crippen LogP contribution in [-0.4, -0.2) is 19.1 Å². The highest BCUT2D eigenvalue weighted by Gasteiger charge is 2.27. The fourth-order valence-electron chi connectivity index (χ4n) is 4.68. The average molecular weight is 433 g/mol. The van der Waals surface area contributed by atoms with Crippen LogP contribution < -0.4 is 9.47 Å². The fourth-order valence-corrected chi connectivity index (χ4v) is 4.68. The molecule has 1 aliphatic heterocycles. The van der Waals surface area contributed by atoms with Gasteiger partial charge in [-0.3, -0.25) is 4.98 Å². The summed E-state index contributed by atoms with van der Waals surface area (Å²) >= 11 is 0. The molecule has 33 heavy (non-hydrogen) atoms. The van der Waals surface area contributed by atoms with E-state index in [9.17, 15) is 0 Å². The van der Waals surface area contributed by atoms with Gasteiger partial charge >= 0.3 is 0 Å². The van der Waals surface area contributed by atoms with E-state index >= 15 is 0 Å². The summed E-state index contributed by atoms with van der Waals surface area (Å²) in [6.07, 6.45) is 10.5. The summed E-state index contributed by atoms with van der Waals surface area (Å²) in [5.41, 5.74) is 11.3. The number of fused-ring (bicyclic) bond motifs is 3. The largest absolute Gasteiger partial charge is 0.378 e. The van der Waals surface area contributed by atoms with Gasteiger partial charge in [0.1, 0.15) is 0 Å². The number of aromatic nitrogens is 2. The average Bonchev–Trinajstić information content (AvgIpc) is 2.87. The van der Waals surface area contributed by atoms with Gasteiger partial charge in [0, 0.05) is 50.1 Å². The SMILES string of the molecule is CCc1ccc2c(c1-c1cc(/C=C/c3ccc(N(C)C)cc3)ccn1)-c1cccc[n+]1CC2. The van der Waals surface area contributed by atoms with Gasteiger partial charge < -0.3 is 4.90 Å². The van der Waals surface area contributed by atoms with Crippen LogP contribution in [0.1, 0.15) is 29.2 Å². The molecule has 2 aromatic carbocycles. The summed E-state index contributed by atoms with van der Waals surface area (Å²) in [5.74, 6) is 0. The highest BCUT2D eigenvalue weighted by molar-refractivity contribution is 5.85. The van der Waals surface area contributed by atoms with Crippen molar-refractivity contribution in [3.8, 4) is 22.5 Å². The van der Waals surface area contributed by atoms with Crippen molar-refractivity contribution in [1.82, 2.24) is 4.98 Å². The number of hydrogen-bond acceptors (Lipinski definition) is 2. The lowest BCUT2D eigenvalue weighted by molar-refractivity contribution is -0.687. The number of hydrogen-bond donors (Lipinski definition) is 0. The number of nitrogens with zero attached hydrogens (tertiary/aromatic N) is 3. The number of pyridine rings is 2. The third kappa shape index (κ3) is 4.19. The summed E-state index contributed by atoms with van der Waals surface area (Å²) in [6.45, 7) is 3.26. The van der Waals surface area contributed by atoms with Crippen LogP contribution in [0, 0.1) is 0 Å². The van der Waals surface area contributed by atoms with Crippen molar-refractivity contribution >= 4 is 17.8 Å². The molecule has 0 spiro atoms. The van der Waals surface area contributed by atoms with Crippen LogP contribution in [-0.2, 0) is 19.4 Å². The fraction of sp³-hybridized carbons (Fsp3) is 0.200. The molecule has 0 aliphatic carbocycles. The number of rotatable bonds is 5. The minimum atomic E-state index is 0.982. The predicted octanol–water partition coefficient (Wildman–Crippen LogP) is 6.06. The summed E-state index contributed by atoms with van der Waals surface area (Å²) in [7, 11) is 4.13. The molecule has 0 N–H and O–H groups in total. The van der Waals surface area contributed by atoms with Gasteiger partial charge in [0.25, 0.3) is 0 Å². The molecule has 0 amide bonds. The maximum Gasteiger partial charge on any atom is 0.213 e. The Kier molecular flexibility index (Phi) is 5.78. The topological polar surface area (TPSA) is 20.0 Å². The Morgan fingerprint density at radius 2 is 1.73 bits per heavy atom. The van der Waals surface area contributed by atoms with Gasteiger partial charge in [-0.05, 0) is 59.0 Å². The van der Waals surface area contributed by atoms with Gasteiger partial charge in [-0.2, -0.15) is 4.57 Å². The predicted molar refractivity (Wildman–Crippen MR) is 138 cm³/mol. The molecule has 3 nitrogen and oxygen atoms in total. The van der Waals surface area contributed by atoms with Crippen molar-refractivity contribution in [3.63, 3.8) is 0 Å². The highest BCUT2D eigenvalue weighted by Crippen LogP contribution is 2.38. The Balaban J connectivity index is 1.56. The van der Waals surface area contributed by atoms with Crippen molar-refractivity contribution in [2.75, 3.05) is 19.0 Å². The van der Waals surface area contributed by atoms with E-state index in [1.165, 1.54) is 39.2 Å². The Labute approximate surface area is 196 Å². The zero-order chi connectivity index (χ0) is 22.8. The van der Waals surface area contributed by atoms with Gasteiger partial charge in [0.15, 0.2) is 12.7 Å². The maximum atomic E-state index is 4.84. The van der Waals surface area contributed by atoms with Gasteiger partial charge in [-0.15, -0.1) is 0 Å². The molecule has 0 radical (unpaired) electrons. The lowest BCUT2D eigenvalue weighted by atomic mass is 9.86. The van der Waals surface area contributed by atoms with Crippen molar-refractivity contribution in [3.05, 3.63) is 101 Å². The van der Waals surface area contributed by atoms with Gasteiger partial charge in [0.2, 0.25) is 5.69 Å². The Hall–Kier alpha value is -3.72. The van der Waals surface area contributed by atoms with E-state index in [1.54, 1.807) is 0 Å². The van der Waals surface area contributed by atoms with Gasteiger partial charge in [0.05, 0.1) is 11.3 Å². The molecule has 0 saturated heterocycles. The van der Waals surface area contributed by atoms with Crippen LogP contribution in [0.15, 0.2) is 79.1 Å². The summed E-state index contributed by atoms with van der Waals surface area (Å²) in [5, 5.41) is 0. The minimum absolute atomic E-state index is 0.982. The second-order valence-corrected chi connectivity index (χ2v) is 8.81. The highest BCUT2D eigenvalue weighted by atomic mass is 15.1. The van der Waals surface area contributed by atoms with E-state index in [1.807, 2.05) is 6.20 Å². The summed E-state index contributed by atoms with van der Waals surface area (Å²) < 4.78 is 2.37. The van der Waals surface area contributed by atoms with Crippen molar-refractivity contribution < 1.29 is 4.57 Å². The smallest absolute Gasteiger partial charge is 0.213 e. The Morgan fingerprint density at radius 1 is 0.909 bits per heavy atom. The Morgan fingerprint density at radius 3 is 2.52 bits per heavy atom. The van der Waals surface area contributed by atoms with Gasteiger partial charge in [-0.1, -0.05) is 43.3 Å². The number of benzene rings is 2. The molecule has 0 saturated carbocycles. The van der Waals surface area contributed by atoms with Crippen LogP contribution in [0.4, 0.5) is 5.69 Å². The van der Waals surface area contributed by atoms with Crippen LogP contribution in [0.3, 0.4) is 0 Å². The van der Waals surface area contributed by atoms with E-state index in [0.717, 1.165) is 30.6 Å². The first-order valence-electron chi connectivity index (χ1n) is 11.7. The maximum absolute atomic E-state index is 4.84. The molecule has 0 unspecified atom stereocenters. The molecule has 0 fully saturated rings. The quantitative estimate of drug-likeness (QED) is 0.357. The molecule has 3 heterocycles. The second-order valence-electron chi connectivity index (χ2n) is 8.81. The lowest BCUT2D eigenvalue weighted by Crippen LogP contribution is -2.40. The standard InChI is InChI=1S/C30H30N3/c1-4-24-12-13-25-17-20-33-19-6-5-7-28(33)30(25)29(24)27-21-23(16-18-31-27)9-8-22-10-14-26(15-11-22)32(2)3/h5-16,18-19,21H,4,17,20H2,1-3H3/q+1/b9-8+. The van der Waals surface area contributed by atoms with Crippen LogP contribution in [0.2, 0.25) is 0 Å². The third-order valence-electron chi connectivity index (χ3n) is 6.50. The molecule has 3 heteroatoms. The molecular weight excluding hydrogens is 402 g/mol. The van der Waals surface area contributed by atoms with Crippen LogP contribution in [0.25, 0.3) is 34.7 Å². The van der Waals surface area contributed by atoms with Crippen molar-refractivity contribution in [2.45, 2.75) is 26.3 Å². The summed E-state index contributed by atoms with van der Waals surface area (Å²) in [4.78, 5) is 6.95. The van der Waals surface area contributed by atoms with Gasteiger partial charge in [-0.25, -0.2) is 0 Å². The normalized spacial score (nSPS) is 12.5. The van der Waals surface area contributed by atoms with E-state index in [4.69, 9.17) is 4.98 Å². The molecule has 0 atom stereocenters. The number of aryl methyl sites for hydroxylation is 3. The molecule has 5 rings (SSSR count). The molecule has 4 aromatic rings. The zero-order valence-corrected chi connectivity index (χ0v) is 19.6. The van der Waals surface area contributed by atoms with Crippen molar-refractivity contribution in [1.29, 1.82) is 0 Å². The molecule has 2 aromatic heterocycles. The summed E-state index contributed by atoms with van der Waals surface area (Å²) in [6, 6.07) is 24.0. The first-order valence-corrected chi connectivity index (χ1v) is 11.7. The second kappa shape index (κ2) is 9.03. The van der Waals surface area contributed by atoms with E-state index in [2.05, 4.69) is 116 Å². The van der Waals surface area contributed by atoms with Crippen LogP contribution in [0.5, 0.6) is 0 Å². The first kappa shape index (κ1) is 21.1. The van der Waals surface area contributed by atoms with E-state index in [-0.39, 0.29) is 0 Å². The molecule has 164 valence electrons. The van der Waals surface area contributed by atoms with E-state index in [0.29, 0.717) is 0 Å². The van der Waals surface area contributed by atoms with E-state index < -0.39 is 0 Å². The number of anilines is 1. The third-order valence-corrected chi connectivity index (χ3v) is 6.50. The Bertz CT molecular complexity index is 1320. The molecule has 1 aliphatic rings. The lowest BCUT2D eigenvalue weighted by Gasteiger charge is -2.20. The monoisotopic (exact) mass is 432 g/mol. The zero-order valence-electron chi connectivity index (χ0n) is 19.6. The first-order chi connectivity index (χ1) is 16.1. The molecular formula is C30H30N3+. The minimum Gasteiger partial charge on any atom is -0.378 e. The van der Waals surface area contributed by atoms with Crippen molar-refractivity contribution in [2.24, 2.45) is 0 Å². The van der Waals surface area contributed by atoms with Crippen LogP contribution >= 0.6 is 0 Å². The molecule has 0 bridgehead atoms.